The molecule has 47 valence electrons. The van der Waals surface area contributed by atoms with Crippen LogP contribution in [0, 0.1) is 6.42 Å². The lowest BCUT2D eigenvalue weighted by molar-refractivity contribution is -0.153. The van der Waals surface area contributed by atoms with Crippen molar-refractivity contribution < 1.29 is 15.0 Å². The Labute approximate surface area is 47.9 Å². The molecular weight excluding hydrogens is 108 g/mol. The van der Waals surface area contributed by atoms with Gasteiger partial charge >= 0.3 is 5.97 Å². The quantitative estimate of drug-likeness (QED) is 0.537. The molecule has 0 aliphatic carbocycles. The molecule has 0 spiro atoms. The van der Waals surface area contributed by atoms with Crippen LogP contribution in [0.4, 0.5) is 0 Å². The molecule has 0 saturated heterocycles. The summed E-state index contributed by atoms with van der Waals surface area (Å²) in [6.07, 6.45) is 1.22. The van der Waals surface area contributed by atoms with E-state index in [1.165, 1.54) is 20.3 Å². The van der Waals surface area contributed by atoms with E-state index in [9.17, 15) is 4.79 Å². The molecule has 0 rings (SSSR count). The van der Waals surface area contributed by atoms with Crippen LogP contribution >= 0.6 is 0 Å². The standard InChI is InChI=1S/C5H9O3/c1-3-5(2,8)4(6)7/h3,8H,1-2H3,(H,6,7). The fraction of sp³-hybridized carbons (Fsp3) is 0.600. The number of hydrogen-bond acceptors (Lipinski definition) is 2. The van der Waals surface area contributed by atoms with Gasteiger partial charge in [0.05, 0.1) is 0 Å². The number of rotatable bonds is 2. The number of hydrogen-bond donors (Lipinski definition) is 2. The second-order valence-electron chi connectivity index (χ2n) is 1.74. The molecule has 1 unspecified atom stereocenters. The number of carboxylic acid groups (broad SMARTS) is 1. The van der Waals surface area contributed by atoms with Crippen molar-refractivity contribution in [1.82, 2.24) is 0 Å². The highest BCUT2D eigenvalue weighted by molar-refractivity contribution is 5.78. The van der Waals surface area contributed by atoms with Gasteiger partial charge in [-0.25, -0.2) is 4.79 Å². The second-order valence-corrected chi connectivity index (χ2v) is 1.74. The molecule has 3 nitrogen and oxygen atoms in total. The first-order valence-electron chi connectivity index (χ1n) is 2.27. The second kappa shape index (κ2) is 2.13. The molecule has 8 heavy (non-hydrogen) atoms. The van der Waals surface area contributed by atoms with Crippen LogP contribution in [0.5, 0.6) is 0 Å². The summed E-state index contributed by atoms with van der Waals surface area (Å²) in [7, 11) is 0. The Morgan fingerprint density at radius 2 is 2.12 bits per heavy atom. The largest absolute Gasteiger partial charge is 0.479 e. The third-order valence-corrected chi connectivity index (χ3v) is 0.995. The topological polar surface area (TPSA) is 57.5 Å². The van der Waals surface area contributed by atoms with Gasteiger partial charge in [0.1, 0.15) is 0 Å². The number of carboxylic acids is 1. The SMILES string of the molecule is C[CH]C(C)(O)C(=O)O. The van der Waals surface area contributed by atoms with Crippen LogP contribution in [0.3, 0.4) is 0 Å². The van der Waals surface area contributed by atoms with Gasteiger partial charge in [-0.15, -0.1) is 0 Å². The maximum atomic E-state index is 9.97. The van der Waals surface area contributed by atoms with Crippen LogP contribution in [0.1, 0.15) is 13.8 Å². The Balaban J connectivity index is 3.91. The van der Waals surface area contributed by atoms with E-state index in [0.29, 0.717) is 0 Å². The van der Waals surface area contributed by atoms with Crippen LogP contribution in [-0.2, 0) is 4.79 Å². The first kappa shape index (κ1) is 7.43. The van der Waals surface area contributed by atoms with Crippen molar-refractivity contribution in [1.29, 1.82) is 0 Å². The average Bonchev–Trinajstić information content (AvgIpc) is 1.67. The molecule has 0 amide bonds. The van der Waals surface area contributed by atoms with Crippen molar-refractivity contribution in [3.63, 3.8) is 0 Å². The van der Waals surface area contributed by atoms with Gasteiger partial charge < -0.3 is 10.2 Å². The van der Waals surface area contributed by atoms with Crippen LogP contribution in [0.15, 0.2) is 0 Å². The van der Waals surface area contributed by atoms with E-state index in [2.05, 4.69) is 0 Å². The lowest BCUT2D eigenvalue weighted by Crippen LogP contribution is -2.34. The summed E-state index contributed by atoms with van der Waals surface area (Å²) in [4.78, 5) is 9.97. The fourth-order valence-corrected chi connectivity index (χ4v) is 0.123. The summed E-state index contributed by atoms with van der Waals surface area (Å²) >= 11 is 0. The molecule has 0 aromatic carbocycles. The molecule has 0 fully saturated rings. The van der Waals surface area contributed by atoms with Gasteiger partial charge in [0, 0.05) is 6.42 Å². The summed E-state index contributed by atoms with van der Waals surface area (Å²) in [6.45, 7) is 2.71. The Morgan fingerprint density at radius 3 is 2.12 bits per heavy atom. The van der Waals surface area contributed by atoms with Crippen molar-refractivity contribution in [2.75, 3.05) is 0 Å². The molecule has 0 saturated carbocycles. The third kappa shape index (κ3) is 1.50. The van der Waals surface area contributed by atoms with E-state index >= 15 is 0 Å². The molecule has 0 aliphatic heterocycles. The zero-order valence-corrected chi connectivity index (χ0v) is 4.88. The minimum Gasteiger partial charge on any atom is -0.479 e. The van der Waals surface area contributed by atoms with Gasteiger partial charge in [0.2, 0.25) is 0 Å². The molecule has 2 N–H and O–H groups in total. The van der Waals surface area contributed by atoms with Gasteiger partial charge in [-0.1, -0.05) is 6.92 Å². The van der Waals surface area contributed by atoms with E-state index < -0.39 is 11.6 Å². The number of aliphatic hydroxyl groups is 1. The monoisotopic (exact) mass is 117 g/mol. The first-order valence-corrected chi connectivity index (χ1v) is 2.27. The first-order chi connectivity index (χ1) is 3.50. The summed E-state index contributed by atoms with van der Waals surface area (Å²) in [5, 5.41) is 16.9. The zero-order valence-electron chi connectivity index (χ0n) is 4.88. The normalized spacial score (nSPS) is 17.4. The molecule has 1 radical (unpaired) electrons. The lowest BCUT2D eigenvalue weighted by atomic mass is 10.1. The van der Waals surface area contributed by atoms with Crippen molar-refractivity contribution in [2.24, 2.45) is 0 Å². The maximum absolute atomic E-state index is 9.97. The molecule has 3 heteroatoms. The van der Waals surface area contributed by atoms with E-state index in [1.807, 2.05) is 0 Å². The predicted octanol–water partition coefficient (Wildman–Crippen LogP) is 0.0462. The minimum atomic E-state index is -1.67. The van der Waals surface area contributed by atoms with Gasteiger partial charge in [0.15, 0.2) is 5.60 Å². The molecule has 0 heterocycles. The van der Waals surface area contributed by atoms with Crippen molar-refractivity contribution in [2.45, 2.75) is 19.4 Å². The Morgan fingerprint density at radius 1 is 1.75 bits per heavy atom. The van der Waals surface area contributed by atoms with Crippen LogP contribution < -0.4 is 0 Å². The molecule has 0 aromatic heterocycles. The summed E-state index contributed by atoms with van der Waals surface area (Å²) in [6, 6.07) is 0. The fourth-order valence-electron chi connectivity index (χ4n) is 0.123. The van der Waals surface area contributed by atoms with Crippen molar-refractivity contribution >= 4 is 5.97 Å². The van der Waals surface area contributed by atoms with Crippen LogP contribution in [0.2, 0.25) is 0 Å². The number of aliphatic carboxylic acids is 1. The van der Waals surface area contributed by atoms with E-state index in [4.69, 9.17) is 10.2 Å². The lowest BCUT2D eigenvalue weighted by Gasteiger charge is -2.12. The number of carbonyl (C=O) groups is 1. The minimum absolute atomic E-state index is 1.22. The highest BCUT2D eigenvalue weighted by Gasteiger charge is 2.26. The average molecular weight is 117 g/mol. The van der Waals surface area contributed by atoms with Gasteiger partial charge in [-0.05, 0) is 6.92 Å². The summed E-state index contributed by atoms with van der Waals surface area (Å²) < 4.78 is 0. The Hall–Kier alpha value is -0.570. The zero-order chi connectivity index (χ0) is 6.78. The van der Waals surface area contributed by atoms with Crippen LogP contribution in [0.25, 0.3) is 0 Å². The molecule has 0 aromatic rings. The van der Waals surface area contributed by atoms with Crippen LogP contribution in [-0.4, -0.2) is 21.8 Å². The molecule has 0 bridgehead atoms. The van der Waals surface area contributed by atoms with E-state index in [1.54, 1.807) is 0 Å². The van der Waals surface area contributed by atoms with E-state index in [0.717, 1.165) is 0 Å². The van der Waals surface area contributed by atoms with Crippen molar-refractivity contribution in [3.8, 4) is 0 Å². The Bertz CT molecular complexity index is 95.8. The van der Waals surface area contributed by atoms with Gasteiger partial charge in [0.25, 0.3) is 0 Å². The maximum Gasteiger partial charge on any atom is 0.335 e. The van der Waals surface area contributed by atoms with Crippen molar-refractivity contribution in [3.05, 3.63) is 6.42 Å². The summed E-state index contributed by atoms with van der Waals surface area (Å²) in [5.41, 5.74) is -1.67. The Kier molecular flexibility index (Phi) is 1.98. The highest BCUT2D eigenvalue weighted by atomic mass is 16.4. The third-order valence-electron chi connectivity index (χ3n) is 0.995. The molecule has 1 atom stereocenters. The van der Waals surface area contributed by atoms with E-state index in [-0.39, 0.29) is 0 Å². The smallest absolute Gasteiger partial charge is 0.335 e. The highest BCUT2D eigenvalue weighted by Crippen LogP contribution is 2.05. The van der Waals surface area contributed by atoms with Gasteiger partial charge in [-0.2, -0.15) is 0 Å². The molecular formula is C5H9O3. The van der Waals surface area contributed by atoms with Gasteiger partial charge in [-0.3, -0.25) is 0 Å². The predicted molar refractivity (Wildman–Crippen MR) is 28.2 cm³/mol. The molecule has 0 aliphatic rings. The summed E-state index contributed by atoms with van der Waals surface area (Å²) in [5.74, 6) is -1.22.